The molecule has 0 aliphatic rings. The fraction of sp³-hybridized carbons (Fsp3) is 0.222. The first-order valence-electron chi connectivity index (χ1n) is 8.04. The van der Waals surface area contributed by atoms with Gasteiger partial charge in [-0.2, -0.15) is 0 Å². The molecule has 0 aliphatic carbocycles. The third kappa shape index (κ3) is 7.11. The van der Waals surface area contributed by atoms with Crippen LogP contribution in [0.4, 0.5) is 0 Å². The molecule has 0 saturated heterocycles. The van der Waals surface area contributed by atoms with Crippen molar-refractivity contribution in [1.82, 2.24) is 16.2 Å². The molecule has 1 amide bonds. The van der Waals surface area contributed by atoms with Crippen LogP contribution in [-0.4, -0.2) is 29.9 Å². The molecular formula is C18H20ClN3O2S2. The van der Waals surface area contributed by atoms with Gasteiger partial charge in [-0.25, -0.2) is 0 Å². The van der Waals surface area contributed by atoms with Crippen LogP contribution in [0.25, 0.3) is 0 Å². The molecule has 0 spiro atoms. The van der Waals surface area contributed by atoms with Gasteiger partial charge in [0, 0.05) is 27.8 Å². The monoisotopic (exact) mass is 409 g/mol. The maximum absolute atomic E-state index is 12.0. The second kappa shape index (κ2) is 10.9. The molecule has 0 saturated carbocycles. The van der Waals surface area contributed by atoms with Crippen LogP contribution < -0.4 is 20.9 Å². The maximum atomic E-state index is 12.0. The molecule has 0 atom stereocenters. The first kappa shape index (κ1) is 20.4. The summed E-state index contributed by atoms with van der Waals surface area (Å²) in [5.41, 5.74) is 5.77. The number of hydrogen-bond acceptors (Lipinski definition) is 4. The number of hydrazine groups is 1. The van der Waals surface area contributed by atoms with Gasteiger partial charge in [-0.1, -0.05) is 11.6 Å². The number of halogens is 1. The minimum Gasteiger partial charge on any atom is -0.494 e. The van der Waals surface area contributed by atoms with Crippen molar-refractivity contribution in [2.24, 2.45) is 0 Å². The molecule has 26 heavy (non-hydrogen) atoms. The van der Waals surface area contributed by atoms with Crippen molar-refractivity contribution in [2.75, 3.05) is 18.9 Å². The van der Waals surface area contributed by atoms with Crippen LogP contribution in [0.15, 0.2) is 53.4 Å². The molecule has 2 rings (SSSR count). The van der Waals surface area contributed by atoms with Crippen molar-refractivity contribution in [2.45, 2.75) is 11.8 Å². The Balaban J connectivity index is 1.64. The summed E-state index contributed by atoms with van der Waals surface area (Å²) in [6.45, 7) is 3.16. The lowest BCUT2D eigenvalue weighted by Crippen LogP contribution is -2.47. The number of benzene rings is 2. The summed E-state index contributed by atoms with van der Waals surface area (Å²) >= 11 is 12.7. The van der Waals surface area contributed by atoms with E-state index in [4.69, 9.17) is 28.6 Å². The van der Waals surface area contributed by atoms with E-state index in [-0.39, 0.29) is 5.91 Å². The number of rotatable bonds is 7. The molecule has 138 valence electrons. The second-order valence-electron chi connectivity index (χ2n) is 5.09. The Morgan fingerprint density at radius 3 is 2.46 bits per heavy atom. The molecule has 0 unspecified atom stereocenters. The lowest BCUT2D eigenvalue weighted by atomic mass is 10.2. The molecule has 0 radical (unpaired) electrons. The van der Waals surface area contributed by atoms with Crippen LogP contribution in [0, 0.1) is 0 Å². The van der Waals surface area contributed by atoms with Gasteiger partial charge in [0.1, 0.15) is 5.75 Å². The van der Waals surface area contributed by atoms with Gasteiger partial charge in [0.15, 0.2) is 5.11 Å². The van der Waals surface area contributed by atoms with Gasteiger partial charge in [-0.15, -0.1) is 11.8 Å². The number of nitrogens with one attached hydrogen (secondary N) is 3. The summed E-state index contributed by atoms with van der Waals surface area (Å²) in [6.07, 6.45) is 0. The highest BCUT2D eigenvalue weighted by atomic mass is 35.5. The largest absolute Gasteiger partial charge is 0.494 e. The van der Waals surface area contributed by atoms with Crippen LogP contribution in [0.2, 0.25) is 5.02 Å². The van der Waals surface area contributed by atoms with Crippen LogP contribution >= 0.6 is 35.6 Å². The summed E-state index contributed by atoms with van der Waals surface area (Å²) in [4.78, 5) is 13.2. The number of amides is 1. The van der Waals surface area contributed by atoms with Gasteiger partial charge in [-0.3, -0.25) is 15.6 Å². The SMILES string of the molecule is CCOc1ccc(C(=O)NNC(=S)NCCSc2ccc(Cl)cc2)cc1. The van der Waals surface area contributed by atoms with Crippen molar-refractivity contribution in [3.05, 3.63) is 59.1 Å². The van der Waals surface area contributed by atoms with Crippen molar-refractivity contribution in [3.8, 4) is 5.75 Å². The minimum absolute atomic E-state index is 0.271. The van der Waals surface area contributed by atoms with Crippen LogP contribution in [-0.2, 0) is 0 Å². The molecule has 0 aromatic heterocycles. The Morgan fingerprint density at radius 1 is 1.12 bits per heavy atom. The Hall–Kier alpha value is -1.96. The van der Waals surface area contributed by atoms with E-state index in [1.165, 1.54) is 0 Å². The van der Waals surface area contributed by atoms with Crippen LogP contribution in [0.1, 0.15) is 17.3 Å². The zero-order valence-electron chi connectivity index (χ0n) is 14.3. The molecule has 0 fully saturated rings. The van der Waals surface area contributed by atoms with E-state index in [0.29, 0.717) is 23.8 Å². The zero-order valence-corrected chi connectivity index (χ0v) is 16.6. The van der Waals surface area contributed by atoms with E-state index < -0.39 is 0 Å². The number of thioether (sulfide) groups is 1. The molecule has 0 aliphatic heterocycles. The zero-order chi connectivity index (χ0) is 18.8. The average molecular weight is 410 g/mol. The third-order valence-corrected chi connectivity index (χ3v) is 4.70. The first-order valence-corrected chi connectivity index (χ1v) is 9.81. The molecule has 2 aromatic rings. The van der Waals surface area contributed by atoms with Crippen molar-refractivity contribution < 1.29 is 9.53 Å². The second-order valence-corrected chi connectivity index (χ2v) is 7.11. The van der Waals surface area contributed by atoms with Gasteiger partial charge in [0.05, 0.1) is 6.61 Å². The highest BCUT2D eigenvalue weighted by molar-refractivity contribution is 7.99. The Bertz CT molecular complexity index is 724. The quantitative estimate of drug-likeness (QED) is 0.281. The summed E-state index contributed by atoms with van der Waals surface area (Å²) in [6, 6.07) is 14.6. The highest BCUT2D eigenvalue weighted by Gasteiger charge is 2.06. The van der Waals surface area contributed by atoms with Gasteiger partial charge in [-0.05, 0) is 67.7 Å². The predicted molar refractivity (Wildman–Crippen MR) is 111 cm³/mol. The summed E-state index contributed by atoms with van der Waals surface area (Å²) in [5, 5.41) is 4.12. The normalized spacial score (nSPS) is 10.1. The van der Waals surface area contributed by atoms with E-state index in [2.05, 4.69) is 16.2 Å². The standard InChI is InChI=1S/C18H20ClN3O2S2/c1-2-24-15-7-3-13(4-8-15)17(23)21-22-18(25)20-11-12-26-16-9-5-14(19)6-10-16/h3-10H,2,11-12H2,1H3,(H,21,23)(H2,20,22,25). The van der Waals surface area contributed by atoms with E-state index in [1.807, 2.05) is 31.2 Å². The fourth-order valence-corrected chi connectivity index (χ4v) is 3.01. The van der Waals surface area contributed by atoms with Gasteiger partial charge in [0.2, 0.25) is 0 Å². The summed E-state index contributed by atoms with van der Waals surface area (Å²) in [5.74, 6) is 1.29. The topological polar surface area (TPSA) is 62.4 Å². The van der Waals surface area contributed by atoms with E-state index in [0.717, 1.165) is 21.4 Å². The highest BCUT2D eigenvalue weighted by Crippen LogP contribution is 2.19. The smallest absolute Gasteiger partial charge is 0.269 e. The number of hydrogen-bond donors (Lipinski definition) is 3. The molecule has 0 bridgehead atoms. The van der Waals surface area contributed by atoms with E-state index in [1.54, 1.807) is 36.0 Å². The fourth-order valence-electron chi connectivity index (χ4n) is 1.96. The Kier molecular flexibility index (Phi) is 8.53. The lowest BCUT2D eigenvalue weighted by Gasteiger charge is -2.12. The van der Waals surface area contributed by atoms with Gasteiger partial charge in [0.25, 0.3) is 5.91 Å². The summed E-state index contributed by atoms with van der Waals surface area (Å²) < 4.78 is 5.34. The van der Waals surface area contributed by atoms with Crippen molar-refractivity contribution in [3.63, 3.8) is 0 Å². The number of thiocarbonyl (C=S) groups is 1. The Labute approximate surface area is 167 Å². The van der Waals surface area contributed by atoms with Crippen LogP contribution in [0.3, 0.4) is 0 Å². The molecule has 2 aromatic carbocycles. The molecular weight excluding hydrogens is 390 g/mol. The molecule has 0 heterocycles. The van der Waals surface area contributed by atoms with E-state index in [9.17, 15) is 4.79 Å². The maximum Gasteiger partial charge on any atom is 0.269 e. The third-order valence-electron chi connectivity index (χ3n) is 3.19. The lowest BCUT2D eigenvalue weighted by molar-refractivity contribution is 0.0943. The minimum atomic E-state index is -0.271. The van der Waals surface area contributed by atoms with Gasteiger partial charge < -0.3 is 10.1 Å². The number of carbonyl (C=O) groups excluding carboxylic acids is 1. The van der Waals surface area contributed by atoms with Crippen molar-refractivity contribution >= 4 is 46.6 Å². The molecule has 5 nitrogen and oxygen atoms in total. The van der Waals surface area contributed by atoms with Crippen LogP contribution in [0.5, 0.6) is 5.75 Å². The number of ether oxygens (including phenoxy) is 1. The average Bonchev–Trinajstić information content (AvgIpc) is 2.65. The Morgan fingerprint density at radius 2 is 1.81 bits per heavy atom. The first-order chi connectivity index (χ1) is 12.6. The molecule has 8 heteroatoms. The van der Waals surface area contributed by atoms with Gasteiger partial charge >= 0.3 is 0 Å². The summed E-state index contributed by atoms with van der Waals surface area (Å²) in [7, 11) is 0. The van der Waals surface area contributed by atoms with Crippen molar-refractivity contribution in [1.29, 1.82) is 0 Å². The molecule has 3 N–H and O–H groups in total. The number of carbonyl (C=O) groups is 1. The van der Waals surface area contributed by atoms with E-state index >= 15 is 0 Å². The predicted octanol–water partition coefficient (Wildman–Crippen LogP) is 3.64.